The van der Waals surface area contributed by atoms with Gasteiger partial charge >= 0.3 is 0 Å². The number of anilines is 1. The summed E-state index contributed by atoms with van der Waals surface area (Å²) in [5.74, 6) is 1.58. The molecule has 0 spiro atoms. The number of tetrazole rings is 1. The lowest BCUT2D eigenvalue weighted by molar-refractivity contribution is 0.0338. The van der Waals surface area contributed by atoms with Crippen LogP contribution in [0.5, 0.6) is 0 Å². The number of aromatic amines is 1. The molecule has 2 aromatic rings. The van der Waals surface area contributed by atoms with Gasteiger partial charge in [-0.1, -0.05) is 17.7 Å². The molecule has 0 aromatic carbocycles. The monoisotopic (exact) mass is 329 g/mol. The summed E-state index contributed by atoms with van der Waals surface area (Å²) >= 11 is 0. The van der Waals surface area contributed by atoms with Crippen LogP contribution in [0.4, 0.5) is 5.82 Å². The van der Waals surface area contributed by atoms with E-state index in [9.17, 15) is 0 Å². The molecule has 4 heterocycles. The number of hydrogen-bond donors (Lipinski definition) is 1. The molecule has 2 aromatic heterocycles. The lowest BCUT2D eigenvalue weighted by Crippen LogP contribution is -2.39. The second-order valence-electron chi connectivity index (χ2n) is 6.44. The molecule has 2 fully saturated rings. The maximum atomic E-state index is 5.74. The second kappa shape index (κ2) is 7.23. The zero-order chi connectivity index (χ0) is 16.2. The van der Waals surface area contributed by atoms with Crippen molar-refractivity contribution in [3.8, 4) is 0 Å². The fourth-order valence-corrected chi connectivity index (χ4v) is 3.39. The summed E-state index contributed by atoms with van der Waals surface area (Å²) in [6.45, 7) is 5.57. The zero-order valence-corrected chi connectivity index (χ0v) is 13.8. The fourth-order valence-electron chi connectivity index (χ4n) is 3.39. The van der Waals surface area contributed by atoms with Crippen LogP contribution in [-0.2, 0) is 11.3 Å². The molecule has 4 rings (SSSR count). The van der Waals surface area contributed by atoms with Crippen molar-refractivity contribution >= 4 is 5.82 Å². The van der Waals surface area contributed by atoms with E-state index in [2.05, 4.69) is 47.5 Å². The third-order valence-electron chi connectivity index (χ3n) is 4.70. The van der Waals surface area contributed by atoms with Crippen molar-refractivity contribution in [2.24, 2.45) is 0 Å². The van der Waals surface area contributed by atoms with Crippen LogP contribution in [0.1, 0.15) is 36.8 Å². The van der Waals surface area contributed by atoms with Crippen LogP contribution < -0.4 is 4.90 Å². The van der Waals surface area contributed by atoms with E-state index < -0.39 is 0 Å². The molecule has 8 nitrogen and oxygen atoms in total. The predicted molar refractivity (Wildman–Crippen MR) is 88.4 cm³/mol. The summed E-state index contributed by atoms with van der Waals surface area (Å²) in [7, 11) is 0. The Kier molecular flexibility index (Phi) is 4.66. The van der Waals surface area contributed by atoms with Gasteiger partial charge in [-0.15, -0.1) is 10.2 Å². The summed E-state index contributed by atoms with van der Waals surface area (Å²) in [6.07, 6.45) is 5.84. The molecule has 1 N–H and O–H groups in total. The van der Waals surface area contributed by atoms with Crippen LogP contribution in [0.25, 0.3) is 0 Å². The van der Waals surface area contributed by atoms with Gasteiger partial charge in [0, 0.05) is 19.3 Å². The summed E-state index contributed by atoms with van der Waals surface area (Å²) in [5, 5.41) is 14.1. The molecule has 24 heavy (non-hydrogen) atoms. The summed E-state index contributed by atoms with van der Waals surface area (Å²) in [6, 6.07) is 4.30. The van der Waals surface area contributed by atoms with Gasteiger partial charge in [0.15, 0.2) is 0 Å². The first-order valence-corrected chi connectivity index (χ1v) is 8.66. The van der Waals surface area contributed by atoms with E-state index in [1.165, 1.54) is 37.9 Å². The molecular formula is C16H23N7O. The third kappa shape index (κ3) is 3.54. The van der Waals surface area contributed by atoms with Gasteiger partial charge in [0.2, 0.25) is 5.82 Å². The average molecular weight is 329 g/mol. The first kappa shape index (κ1) is 15.5. The molecule has 1 atom stereocenters. The molecule has 2 aliphatic rings. The number of likely N-dealkylation sites (tertiary alicyclic amines) is 1. The Hall–Kier alpha value is -2.06. The number of hydrogen-bond acceptors (Lipinski definition) is 7. The smallest absolute Gasteiger partial charge is 0.205 e. The van der Waals surface area contributed by atoms with E-state index in [-0.39, 0.29) is 6.10 Å². The normalized spacial score (nSPS) is 22.7. The molecular weight excluding hydrogens is 306 g/mol. The number of aromatic nitrogens is 5. The zero-order valence-electron chi connectivity index (χ0n) is 13.8. The van der Waals surface area contributed by atoms with Crippen molar-refractivity contribution in [3.05, 3.63) is 29.7 Å². The molecule has 2 saturated heterocycles. The standard InChI is InChI=1S/C16H23N7O/c1-2-6-22(7-3-1)11-13-4-5-15(17-10-13)23-8-9-24-14(12-23)16-18-20-21-19-16/h4-5,10,14H,1-3,6-9,11-12H2,(H,18,19,20,21). The van der Waals surface area contributed by atoms with Crippen molar-refractivity contribution in [2.45, 2.75) is 31.9 Å². The molecule has 0 bridgehead atoms. The van der Waals surface area contributed by atoms with Gasteiger partial charge in [-0.2, -0.15) is 5.21 Å². The van der Waals surface area contributed by atoms with Crippen LogP contribution in [0.3, 0.4) is 0 Å². The minimum atomic E-state index is -0.160. The van der Waals surface area contributed by atoms with Gasteiger partial charge in [0.1, 0.15) is 11.9 Å². The highest BCUT2D eigenvalue weighted by Gasteiger charge is 2.26. The van der Waals surface area contributed by atoms with Gasteiger partial charge in [-0.3, -0.25) is 4.90 Å². The lowest BCUT2D eigenvalue weighted by atomic mass is 10.1. The van der Waals surface area contributed by atoms with E-state index in [1.807, 2.05) is 6.20 Å². The predicted octanol–water partition coefficient (Wildman–Crippen LogP) is 1.16. The lowest BCUT2D eigenvalue weighted by Gasteiger charge is -2.32. The van der Waals surface area contributed by atoms with Crippen molar-refractivity contribution < 1.29 is 4.74 Å². The van der Waals surface area contributed by atoms with Gasteiger partial charge in [-0.05, 0) is 37.6 Å². The number of pyridine rings is 1. The van der Waals surface area contributed by atoms with E-state index in [0.29, 0.717) is 19.0 Å². The molecule has 8 heteroatoms. The molecule has 2 aliphatic heterocycles. The Morgan fingerprint density at radius 2 is 2.08 bits per heavy atom. The van der Waals surface area contributed by atoms with Crippen molar-refractivity contribution in [1.29, 1.82) is 0 Å². The van der Waals surface area contributed by atoms with Gasteiger partial charge in [-0.25, -0.2) is 4.98 Å². The van der Waals surface area contributed by atoms with E-state index in [4.69, 9.17) is 4.74 Å². The second-order valence-corrected chi connectivity index (χ2v) is 6.44. The highest BCUT2D eigenvalue weighted by molar-refractivity contribution is 5.40. The first-order chi connectivity index (χ1) is 11.9. The van der Waals surface area contributed by atoms with E-state index >= 15 is 0 Å². The fraction of sp³-hybridized carbons (Fsp3) is 0.625. The van der Waals surface area contributed by atoms with Crippen LogP contribution in [0.15, 0.2) is 18.3 Å². The van der Waals surface area contributed by atoms with Crippen molar-refractivity contribution in [2.75, 3.05) is 37.7 Å². The number of nitrogens with one attached hydrogen (secondary N) is 1. The van der Waals surface area contributed by atoms with Gasteiger partial charge in [0.25, 0.3) is 0 Å². The number of H-pyrrole nitrogens is 1. The third-order valence-corrected chi connectivity index (χ3v) is 4.70. The molecule has 0 radical (unpaired) electrons. The highest BCUT2D eigenvalue weighted by atomic mass is 16.5. The number of rotatable bonds is 4. The molecule has 0 saturated carbocycles. The van der Waals surface area contributed by atoms with Crippen LogP contribution in [0.2, 0.25) is 0 Å². The van der Waals surface area contributed by atoms with Crippen LogP contribution in [0, 0.1) is 0 Å². The Bertz CT molecular complexity index is 624. The maximum absolute atomic E-state index is 5.74. The van der Waals surface area contributed by atoms with E-state index in [0.717, 1.165) is 18.9 Å². The Labute approximate surface area is 141 Å². The molecule has 128 valence electrons. The molecule has 0 amide bonds. The first-order valence-electron chi connectivity index (χ1n) is 8.66. The number of piperidine rings is 1. The van der Waals surface area contributed by atoms with Crippen molar-refractivity contribution in [1.82, 2.24) is 30.5 Å². The summed E-state index contributed by atoms with van der Waals surface area (Å²) in [5.41, 5.74) is 1.28. The number of morpholine rings is 1. The van der Waals surface area contributed by atoms with Crippen LogP contribution >= 0.6 is 0 Å². The summed E-state index contributed by atoms with van der Waals surface area (Å²) < 4.78 is 5.74. The molecule has 0 aliphatic carbocycles. The average Bonchev–Trinajstić information content (AvgIpc) is 3.18. The highest BCUT2D eigenvalue weighted by Crippen LogP contribution is 2.23. The van der Waals surface area contributed by atoms with Gasteiger partial charge < -0.3 is 9.64 Å². The largest absolute Gasteiger partial charge is 0.366 e. The quantitative estimate of drug-likeness (QED) is 0.901. The number of nitrogens with zero attached hydrogens (tertiary/aromatic N) is 6. The Morgan fingerprint density at radius 1 is 1.17 bits per heavy atom. The Morgan fingerprint density at radius 3 is 2.83 bits per heavy atom. The minimum absolute atomic E-state index is 0.160. The Balaban J connectivity index is 1.38. The van der Waals surface area contributed by atoms with Gasteiger partial charge in [0.05, 0.1) is 13.2 Å². The molecule has 1 unspecified atom stereocenters. The topological polar surface area (TPSA) is 83.1 Å². The number of ether oxygens (including phenoxy) is 1. The maximum Gasteiger partial charge on any atom is 0.205 e. The van der Waals surface area contributed by atoms with Crippen LogP contribution in [-0.4, -0.2) is 63.3 Å². The summed E-state index contributed by atoms with van der Waals surface area (Å²) in [4.78, 5) is 9.40. The SMILES string of the molecule is c1cc(N2CCOC(c3nn[nH]n3)C2)ncc1CN1CCCCC1. The van der Waals surface area contributed by atoms with E-state index in [1.54, 1.807) is 0 Å². The minimum Gasteiger partial charge on any atom is -0.366 e. The van der Waals surface area contributed by atoms with Crippen molar-refractivity contribution in [3.63, 3.8) is 0 Å².